The lowest BCUT2D eigenvalue weighted by molar-refractivity contribution is 0.316. The summed E-state index contributed by atoms with van der Waals surface area (Å²) >= 11 is 0. The lowest BCUT2D eigenvalue weighted by Crippen LogP contribution is -2.20. The molecule has 0 spiro atoms. The number of pyridine rings is 1. The van der Waals surface area contributed by atoms with Gasteiger partial charge in [-0.1, -0.05) is 13.3 Å². The molecule has 0 aliphatic carbocycles. The van der Waals surface area contributed by atoms with Crippen LogP contribution in [0.25, 0.3) is 0 Å². The molecule has 0 atom stereocenters. The Balaban J connectivity index is 2.52. The molecule has 1 rings (SSSR count). The number of aromatic nitrogens is 1. The molecule has 0 unspecified atom stereocenters. The predicted molar refractivity (Wildman–Crippen MR) is 76.2 cm³/mol. The summed E-state index contributed by atoms with van der Waals surface area (Å²) in [6.07, 6.45) is 6.21. The van der Waals surface area contributed by atoms with Gasteiger partial charge in [0.2, 0.25) is 0 Å². The summed E-state index contributed by atoms with van der Waals surface area (Å²) in [6.45, 7) is 4.60. The van der Waals surface area contributed by atoms with Gasteiger partial charge in [-0.15, -0.1) is 0 Å². The second-order valence-electron chi connectivity index (χ2n) is 4.44. The van der Waals surface area contributed by atoms with Crippen molar-refractivity contribution in [3.63, 3.8) is 0 Å². The van der Waals surface area contributed by atoms with Crippen LogP contribution < -0.4 is 15.4 Å². The van der Waals surface area contributed by atoms with Crippen LogP contribution in [0.5, 0.6) is 5.75 Å². The Bertz CT molecular complexity index is 331. The maximum absolute atomic E-state index is 5.71. The van der Waals surface area contributed by atoms with Crippen molar-refractivity contribution in [3.8, 4) is 5.75 Å². The summed E-state index contributed by atoms with van der Waals surface area (Å²) in [6, 6.07) is 3.89. The van der Waals surface area contributed by atoms with Crippen molar-refractivity contribution in [1.82, 2.24) is 4.98 Å². The van der Waals surface area contributed by atoms with Gasteiger partial charge in [0.15, 0.2) is 11.6 Å². The van der Waals surface area contributed by atoms with E-state index in [2.05, 4.69) is 23.9 Å². The van der Waals surface area contributed by atoms with E-state index in [4.69, 9.17) is 10.5 Å². The molecule has 0 aliphatic rings. The first-order valence-corrected chi connectivity index (χ1v) is 6.78. The topological polar surface area (TPSA) is 51.4 Å². The lowest BCUT2D eigenvalue weighted by atomic mass is 10.2. The van der Waals surface area contributed by atoms with E-state index in [-0.39, 0.29) is 0 Å². The van der Waals surface area contributed by atoms with Crippen molar-refractivity contribution >= 4 is 5.82 Å². The van der Waals surface area contributed by atoms with Crippen molar-refractivity contribution in [2.45, 2.75) is 32.6 Å². The Kier molecular flexibility index (Phi) is 7.18. The molecule has 1 aromatic heterocycles. The molecule has 0 fully saturated rings. The maximum Gasteiger partial charge on any atom is 0.171 e. The van der Waals surface area contributed by atoms with Gasteiger partial charge in [-0.25, -0.2) is 4.98 Å². The summed E-state index contributed by atoms with van der Waals surface area (Å²) in [5.41, 5.74) is 5.49. The molecule has 0 amide bonds. The largest absolute Gasteiger partial charge is 0.490 e. The van der Waals surface area contributed by atoms with Crippen molar-refractivity contribution < 1.29 is 4.74 Å². The fourth-order valence-corrected chi connectivity index (χ4v) is 1.77. The van der Waals surface area contributed by atoms with Crippen molar-refractivity contribution in [2.75, 3.05) is 31.6 Å². The number of nitrogens with two attached hydrogens (primary N) is 1. The van der Waals surface area contributed by atoms with Crippen LogP contribution in [0.1, 0.15) is 32.6 Å². The van der Waals surface area contributed by atoms with Gasteiger partial charge in [0.05, 0.1) is 6.61 Å². The number of hydrogen-bond donors (Lipinski definition) is 1. The van der Waals surface area contributed by atoms with Gasteiger partial charge >= 0.3 is 0 Å². The van der Waals surface area contributed by atoms with Crippen molar-refractivity contribution in [2.24, 2.45) is 5.73 Å². The number of unbranched alkanes of at least 4 members (excludes halogenated alkanes) is 2. The second kappa shape index (κ2) is 8.75. The molecule has 18 heavy (non-hydrogen) atoms. The molecule has 2 N–H and O–H groups in total. The average Bonchev–Trinajstić information content (AvgIpc) is 2.41. The minimum atomic E-state index is 0.736. The van der Waals surface area contributed by atoms with Crippen LogP contribution in [0.3, 0.4) is 0 Å². The molecule has 0 saturated heterocycles. The number of rotatable bonds is 9. The van der Waals surface area contributed by atoms with E-state index in [1.807, 2.05) is 18.3 Å². The number of ether oxygens (including phenoxy) is 1. The van der Waals surface area contributed by atoms with E-state index in [0.717, 1.165) is 50.5 Å². The summed E-state index contributed by atoms with van der Waals surface area (Å²) in [4.78, 5) is 6.56. The molecule has 4 nitrogen and oxygen atoms in total. The lowest BCUT2D eigenvalue weighted by Gasteiger charge is -2.20. The van der Waals surface area contributed by atoms with Gasteiger partial charge in [-0.3, -0.25) is 0 Å². The van der Waals surface area contributed by atoms with Gasteiger partial charge in [-0.2, -0.15) is 0 Å². The fraction of sp³-hybridized carbons (Fsp3) is 0.643. The zero-order valence-corrected chi connectivity index (χ0v) is 11.6. The summed E-state index contributed by atoms with van der Waals surface area (Å²) in [5.74, 6) is 1.80. The summed E-state index contributed by atoms with van der Waals surface area (Å²) in [7, 11) is 2.06. The highest BCUT2D eigenvalue weighted by molar-refractivity contribution is 5.51. The Morgan fingerprint density at radius 3 is 2.89 bits per heavy atom. The van der Waals surface area contributed by atoms with E-state index < -0.39 is 0 Å². The Hall–Kier alpha value is -1.29. The molecule has 0 aromatic carbocycles. The minimum absolute atomic E-state index is 0.736. The highest BCUT2D eigenvalue weighted by atomic mass is 16.5. The van der Waals surface area contributed by atoms with Gasteiger partial charge in [0.1, 0.15) is 0 Å². The predicted octanol–water partition coefficient (Wildman–Crippen LogP) is 2.44. The fourth-order valence-electron chi connectivity index (χ4n) is 1.77. The SMILES string of the molecule is CCCOc1cccnc1N(C)CCCCCN. The second-order valence-corrected chi connectivity index (χ2v) is 4.44. The van der Waals surface area contributed by atoms with Gasteiger partial charge in [0.25, 0.3) is 0 Å². The third kappa shape index (κ3) is 4.92. The van der Waals surface area contributed by atoms with Crippen LogP contribution in [0, 0.1) is 0 Å². The monoisotopic (exact) mass is 251 g/mol. The van der Waals surface area contributed by atoms with Gasteiger partial charge in [0, 0.05) is 19.8 Å². The van der Waals surface area contributed by atoms with Gasteiger partial charge < -0.3 is 15.4 Å². The summed E-state index contributed by atoms with van der Waals surface area (Å²) in [5, 5.41) is 0. The Morgan fingerprint density at radius 1 is 1.33 bits per heavy atom. The minimum Gasteiger partial charge on any atom is -0.490 e. The maximum atomic E-state index is 5.71. The molecule has 102 valence electrons. The summed E-state index contributed by atoms with van der Waals surface area (Å²) < 4.78 is 5.71. The standard InChI is InChI=1S/C14H25N3O/c1-3-12-18-13-8-7-10-16-14(13)17(2)11-6-4-5-9-15/h7-8,10H,3-6,9,11-12,15H2,1-2H3. The number of nitrogens with zero attached hydrogens (tertiary/aromatic N) is 2. The number of anilines is 1. The van der Waals surface area contributed by atoms with E-state index in [0.29, 0.717) is 0 Å². The molecular weight excluding hydrogens is 226 g/mol. The average molecular weight is 251 g/mol. The first kappa shape index (κ1) is 14.8. The van der Waals surface area contributed by atoms with Crippen LogP contribution >= 0.6 is 0 Å². The normalized spacial score (nSPS) is 10.4. The Morgan fingerprint density at radius 2 is 2.17 bits per heavy atom. The molecule has 0 aliphatic heterocycles. The van der Waals surface area contributed by atoms with Gasteiger partial charge in [-0.05, 0) is 37.9 Å². The van der Waals surface area contributed by atoms with E-state index in [1.165, 1.54) is 6.42 Å². The highest BCUT2D eigenvalue weighted by Gasteiger charge is 2.09. The molecule has 1 aromatic rings. The molecule has 0 radical (unpaired) electrons. The van der Waals surface area contributed by atoms with Crippen LogP contribution in [0.4, 0.5) is 5.82 Å². The van der Waals surface area contributed by atoms with Crippen molar-refractivity contribution in [1.29, 1.82) is 0 Å². The zero-order chi connectivity index (χ0) is 13.2. The van der Waals surface area contributed by atoms with Crippen LogP contribution in [0.2, 0.25) is 0 Å². The van der Waals surface area contributed by atoms with E-state index in [1.54, 1.807) is 0 Å². The highest BCUT2D eigenvalue weighted by Crippen LogP contribution is 2.24. The first-order valence-electron chi connectivity index (χ1n) is 6.78. The van der Waals surface area contributed by atoms with E-state index in [9.17, 15) is 0 Å². The third-order valence-corrected chi connectivity index (χ3v) is 2.77. The Labute approximate surface area is 110 Å². The molecule has 1 heterocycles. The van der Waals surface area contributed by atoms with Crippen LogP contribution in [-0.2, 0) is 0 Å². The number of hydrogen-bond acceptors (Lipinski definition) is 4. The van der Waals surface area contributed by atoms with Crippen LogP contribution in [-0.4, -0.2) is 31.7 Å². The van der Waals surface area contributed by atoms with E-state index >= 15 is 0 Å². The third-order valence-electron chi connectivity index (χ3n) is 2.77. The van der Waals surface area contributed by atoms with Crippen molar-refractivity contribution in [3.05, 3.63) is 18.3 Å². The van der Waals surface area contributed by atoms with Crippen LogP contribution in [0.15, 0.2) is 18.3 Å². The smallest absolute Gasteiger partial charge is 0.171 e. The molecular formula is C14H25N3O. The quantitative estimate of drug-likeness (QED) is 0.685. The molecule has 4 heteroatoms. The first-order chi connectivity index (χ1) is 8.79. The molecule has 0 saturated carbocycles. The zero-order valence-electron chi connectivity index (χ0n) is 11.6. The molecule has 0 bridgehead atoms.